The highest BCUT2D eigenvalue weighted by molar-refractivity contribution is 5.70. The van der Waals surface area contributed by atoms with Gasteiger partial charge in [-0.1, -0.05) is 358 Å². The van der Waals surface area contributed by atoms with Crippen molar-refractivity contribution in [3.05, 3.63) is 48.6 Å². The molecule has 0 aromatic heterocycles. The van der Waals surface area contributed by atoms with Gasteiger partial charge in [-0.15, -0.1) is 0 Å². The highest BCUT2D eigenvalue weighted by Gasteiger charge is 2.16. The molecule has 1 N–H and O–H groups in total. The van der Waals surface area contributed by atoms with Crippen molar-refractivity contribution in [3.63, 3.8) is 0 Å². The zero-order valence-electron chi connectivity index (χ0n) is 54.1. The Bertz CT molecular complexity index is 1320. The summed E-state index contributed by atoms with van der Waals surface area (Å²) in [6, 6.07) is 0. The lowest BCUT2D eigenvalue weighted by atomic mass is 10.0. The Morgan fingerprint density at radius 1 is 0.287 bits per heavy atom. The summed E-state index contributed by atoms with van der Waals surface area (Å²) in [6.45, 7) is 4.19. The molecule has 0 aromatic rings. The Morgan fingerprint density at radius 3 is 0.762 bits per heavy atom. The smallest absolute Gasteiger partial charge is 0.306 e. The molecule has 1 atom stereocenters. The van der Waals surface area contributed by atoms with Crippen LogP contribution in [-0.2, 0) is 19.1 Å². The van der Waals surface area contributed by atoms with E-state index in [9.17, 15) is 14.7 Å². The van der Waals surface area contributed by atoms with Gasteiger partial charge in [0.1, 0.15) is 6.61 Å². The molecule has 1 unspecified atom stereocenters. The van der Waals surface area contributed by atoms with E-state index in [-0.39, 0.29) is 25.2 Å². The lowest BCUT2D eigenvalue weighted by molar-refractivity contribution is -0.161. The molecule has 80 heavy (non-hydrogen) atoms. The highest BCUT2D eigenvalue weighted by atomic mass is 16.6. The van der Waals surface area contributed by atoms with E-state index in [1.165, 1.54) is 321 Å². The summed E-state index contributed by atoms with van der Waals surface area (Å²) in [5, 5.41) is 9.71. The molecule has 5 nitrogen and oxygen atoms in total. The van der Waals surface area contributed by atoms with Crippen molar-refractivity contribution in [2.75, 3.05) is 13.2 Å². The van der Waals surface area contributed by atoms with Gasteiger partial charge in [0.2, 0.25) is 0 Å². The monoisotopic (exact) mass is 1120 g/mol. The average molecular weight is 1120 g/mol. The first-order valence-corrected chi connectivity index (χ1v) is 36.2. The van der Waals surface area contributed by atoms with Gasteiger partial charge in [-0.2, -0.15) is 0 Å². The van der Waals surface area contributed by atoms with Crippen LogP contribution in [0.1, 0.15) is 399 Å². The van der Waals surface area contributed by atoms with Crippen LogP contribution < -0.4 is 0 Å². The van der Waals surface area contributed by atoms with Gasteiger partial charge >= 0.3 is 11.9 Å². The molecule has 0 aliphatic rings. The van der Waals surface area contributed by atoms with E-state index in [0.29, 0.717) is 12.8 Å². The van der Waals surface area contributed by atoms with Crippen molar-refractivity contribution >= 4 is 11.9 Å². The number of esters is 2. The lowest BCUT2D eigenvalue weighted by Gasteiger charge is -2.15. The number of hydrogen-bond donors (Lipinski definition) is 1. The third-order valence-corrected chi connectivity index (χ3v) is 16.6. The zero-order chi connectivity index (χ0) is 57.6. The SMILES string of the molecule is CCCCCCC/C=C\C/C=C\C/C=C\CCCCCCCCCCCCCCCCCCCCCCCCCCC(=O)OC(CO)COC(=O)CCCCCCCCCCCCCCCCC/C=C\CCCCCCCCCC. The molecule has 0 bridgehead atoms. The predicted molar refractivity (Wildman–Crippen MR) is 353 cm³/mol. The maximum Gasteiger partial charge on any atom is 0.306 e. The van der Waals surface area contributed by atoms with Crippen molar-refractivity contribution in [3.8, 4) is 0 Å². The topological polar surface area (TPSA) is 72.8 Å². The van der Waals surface area contributed by atoms with Crippen LogP contribution in [-0.4, -0.2) is 36.4 Å². The van der Waals surface area contributed by atoms with Crippen LogP contribution in [0, 0.1) is 0 Å². The lowest BCUT2D eigenvalue weighted by Crippen LogP contribution is -2.28. The van der Waals surface area contributed by atoms with E-state index in [2.05, 4.69) is 62.5 Å². The minimum Gasteiger partial charge on any atom is -0.462 e. The van der Waals surface area contributed by atoms with Crippen molar-refractivity contribution in [2.45, 2.75) is 405 Å². The van der Waals surface area contributed by atoms with Gasteiger partial charge in [0.15, 0.2) is 6.10 Å². The van der Waals surface area contributed by atoms with Gasteiger partial charge < -0.3 is 14.6 Å². The first-order chi connectivity index (χ1) is 39.6. The molecule has 470 valence electrons. The van der Waals surface area contributed by atoms with Gasteiger partial charge in [-0.25, -0.2) is 0 Å². The Balaban J connectivity index is 3.38. The van der Waals surface area contributed by atoms with E-state index in [4.69, 9.17) is 9.47 Å². The fourth-order valence-electron chi connectivity index (χ4n) is 11.2. The molecule has 0 aromatic carbocycles. The van der Waals surface area contributed by atoms with E-state index < -0.39 is 6.10 Å². The second kappa shape index (κ2) is 71.1. The molecular weight excluding hydrogens is 981 g/mol. The third-order valence-electron chi connectivity index (χ3n) is 16.6. The second-order valence-corrected chi connectivity index (χ2v) is 24.7. The maximum absolute atomic E-state index is 12.4. The van der Waals surface area contributed by atoms with E-state index >= 15 is 0 Å². The van der Waals surface area contributed by atoms with Gasteiger partial charge in [-0.3, -0.25) is 9.59 Å². The number of rotatable bonds is 68. The largest absolute Gasteiger partial charge is 0.462 e. The molecule has 0 radical (unpaired) electrons. The average Bonchev–Trinajstić information content (AvgIpc) is 3.46. The zero-order valence-corrected chi connectivity index (χ0v) is 54.1. The van der Waals surface area contributed by atoms with Crippen LogP contribution >= 0.6 is 0 Å². The summed E-state index contributed by atoms with van der Waals surface area (Å²) in [7, 11) is 0. The van der Waals surface area contributed by atoms with E-state index in [0.717, 1.165) is 51.4 Å². The molecule has 0 aliphatic carbocycles. The molecule has 0 spiro atoms. The van der Waals surface area contributed by atoms with Gasteiger partial charge in [0.25, 0.3) is 0 Å². The van der Waals surface area contributed by atoms with Crippen LogP contribution in [0.15, 0.2) is 48.6 Å². The van der Waals surface area contributed by atoms with Crippen LogP contribution in [0.5, 0.6) is 0 Å². The van der Waals surface area contributed by atoms with Gasteiger partial charge in [0.05, 0.1) is 6.61 Å². The highest BCUT2D eigenvalue weighted by Crippen LogP contribution is 2.19. The van der Waals surface area contributed by atoms with Crippen molar-refractivity contribution < 1.29 is 24.2 Å². The number of ether oxygens (including phenoxy) is 2. The minimum absolute atomic E-state index is 0.0600. The Morgan fingerprint density at radius 2 is 0.500 bits per heavy atom. The maximum atomic E-state index is 12.4. The normalized spacial score (nSPS) is 12.4. The van der Waals surface area contributed by atoms with Crippen LogP contribution in [0.2, 0.25) is 0 Å². The van der Waals surface area contributed by atoms with E-state index in [1.54, 1.807) is 0 Å². The molecule has 0 saturated heterocycles. The molecule has 0 rings (SSSR count). The number of hydrogen-bond acceptors (Lipinski definition) is 5. The Labute approximate surface area is 500 Å². The molecule has 0 saturated carbocycles. The number of aliphatic hydroxyl groups is 1. The summed E-state index contributed by atoms with van der Waals surface area (Å²) < 4.78 is 10.8. The predicted octanol–water partition coefficient (Wildman–Crippen LogP) is 25.1. The Hall–Kier alpha value is -2.14. The summed E-state index contributed by atoms with van der Waals surface area (Å²) in [5.41, 5.74) is 0. The fraction of sp³-hybridized carbons (Fsp3) is 0.867. The molecule has 5 heteroatoms. The number of carbonyl (C=O) groups is 2. The minimum atomic E-state index is -0.771. The van der Waals surface area contributed by atoms with Crippen molar-refractivity contribution in [1.82, 2.24) is 0 Å². The summed E-state index contributed by atoms with van der Waals surface area (Å²) >= 11 is 0. The first kappa shape index (κ1) is 77.9. The summed E-state index contributed by atoms with van der Waals surface area (Å²) in [6.07, 6.45) is 95.9. The quantitative estimate of drug-likeness (QED) is 0.0373. The fourth-order valence-corrected chi connectivity index (χ4v) is 11.2. The third kappa shape index (κ3) is 68.4. The number of allylic oxidation sites excluding steroid dienone is 8. The van der Waals surface area contributed by atoms with Crippen molar-refractivity contribution in [1.29, 1.82) is 0 Å². The van der Waals surface area contributed by atoms with Gasteiger partial charge in [0, 0.05) is 12.8 Å². The van der Waals surface area contributed by atoms with Crippen LogP contribution in [0.4, 0.5) is 0 Å². The van der Waals surface area contributed by atoms with Gasteiger partial charge in [-0.05, 0) is 77.0 Å². The second-order valence-electron chi connectivity index (χ2n) is 24.7. The van der Waals surface area contributed by atoms with Crippen LogP contribution in [0.25, 0.3) is 0 Å². The molecule has 0 aliphatic heterocycles. The standard InChI is InChI=1S/C75H140O5/c1-3-5-7-9-11-13-15-17-19-21-23-25-27-29-31-32-33-34-35-36-37-38-39-40-41-42-44-46-48-50-52-54-56-58-60-62-64-66-68-70-75(78)80-73(71-76)72-79-74(77)69-67-65-63-61-59-57-55-53-51-49-47-45-43-30-28-26-24-22-20-18-16-14-12-10-8-6-4-2/h15,17,21-24,27,29,73,76H,3-14,16,18-20,25-26,28,30-72H2,1-2H3/b17-15-,23-21-,24-22-,29-27-. The summed E-state index contributed by atoms with van der Waals surface area (Å²) in [5.74, 6) is -0.567. The molecular formula is C75H140O5. The van der Waals surface area contributed by atoms with E-state index in [1.807, 2.05) is 0 Å². The molecule has 0 heterocycles. The first-order valence-electron chi connectivity index (χ1n) is 36.2. The molecule has 0 amide bonds. The number of unbranched alkanes of at least 4 members (excludes halogenated alkanes) is 52. The number of carbonyl (C=O) groups excluding carboxylic acids is 2. The Kier molecular flexibility index (Phi) is 69.2. The summed E-state index contributed by atoms with van der Waals surface area (Å²) in [4.78, 5) is 24.7. The molecule has 0 fully saturated rings. The number of aliphatic hydroxyl groups excluding tert-OH is 1. The van der Waals surface area contributed by atoms with Crippen molar-refractivity contribution in [2.24, 2.45) is 0 Å². The van der Waals surface area contributed by atoms with Crippen LogP contribution in [0.3, 0.4) is 0 Å².